The number of pyridine rings is 1. The van der Waals surface area contributed by atoms with Gasteiger partial charge in [0.15, 0.2) is 0 Å². The molecule has 0 saturated carbocycles. The predicted octanol–water partition coefficient (Wildman–Crippen LogP) is 3.33. The summed E-state index contributed by atoms with van der Waals surface area (Å²) in [4.78, 5) is 12.2. The van der Waals surface area contributed by atoms with Crippen molar-refractivity contribution in [2.75, 3.05) is 11.9 Å². The second-order valence-corrected chi connectivity index (χ2v) is 4.68. The second kappa shape index (κ2) is 5.91. The molecule has 110 valence electrons. The van der Waals surface area contributed by atoms with Gasteiger partial charge in [0.1, 0.15) is 17.3 Å². The van der Waals surface area contributed by atoms with Crippen molar-refractivity contribution in [3.63, 3.8) is 0 Å². The Balaban J connectivity index is 2.69. The third-order valence-corrected chi connectivity index (χ3v) is 3.37. The lowest BCUT2D eigenvalue weighted by Gasteiger charge is -2.17. The third kappa shape index (κ3) is 2.72. The van der Waals surface area contributed by atoms with Crippen molar-refractivity contribution in [2.24, 2.45) is 0 Å². The molecule has 1 N–H and O–H groups in total. The van der Waals surface area contributed by atoms with Gasteiger partial charge in [-0.05, 0) is 31.5 Å². The molecule has 0 spiro atoms. The zero-order valence-corrected chi connectivity index (χ0v) is 11.9. The van der Waals surface area contributed by atoms with Gasteiger partial charge in [-0.25, -0.2) is 8.78 Å². The number of hydrogen-bond acceptors (Lipinski definition) is 2. The first-order chi connectivity index (χ1) is 9.97. The predicted molar refractivity (Wildman–Crippen MR) is 80.1 cm³/mol. The van der Waals surface area contributed by atoms with Gasteiger partial charge in [0.25, 0.3) is 5.56 Å². The van der Waals surface area contributed by atoms with Crippen LogP contribution < -0.4 is 10.9 Å². The number of aromatic nitrogens is 1. The maximum atomic E-state index is 13.9. The molecule has 2 aromatic rings. The molecule has 21 heavy (non-hydrogen) atoms. The molecule has 5 heteroatoms. The number of anilines is 1. The molecule has 0 amide bonds. The van der Waals surface area contributed by atoms with Crippen LogP contribution in [0.1, 0.15) is 11.3 Å². The van der Waals surface area contributed by atoms with Gasteiger partial charge in [-0.2, -0.15) is 0 Å². The smallest absolute Gasteiger partial charge is 0.257 e. The van der Waals surface area contributed by atoms with Crippen molar-refractivity contribution in [3.8, 4) is 5.69 Å². The van der Waals surface area contributed by atoms with E-state index in [1.54, 1.807) is 19.9 Å². The first-order valence-electron chi connectivity index (χ1n) is 6.49. The number of para-hydroxylation sites is 1. The first kappa shape index (κ1) is 15.0. The fourth-order valence-corrected chi connectivity index (χ4v) is 2.17. The minimum Gasteiger partial charge on any atom is -0.381 e. The maximum Gasteiger partial charge on any atom is 0.257 e. The summed E-state index contributed by atoms with van der Waals surface area (Å²) in [6, 6.07) is 4.85. The molecule has 0 bridgehead atoms. The summed E-state index contributed by atoms with van der Waals surface area (Å²) in [5.74, 6) is -1.54. The standard InChI is InChI=1S/C16H16F2N2O/c1-4-8-19-14-9-15(21)20(11(3)10(14)2)16-12(17)6-5-7-13(16)18/h4-7,9,19H,1,8H2,2-3H3. The number of rotatable bonds is 4. The van der Waals surface area contributed by atoms with Crippen LogP contribution in [0.3, 0.4) is 0 Å². The van der Waals surface area contributed by atoms with E-state index >= 15 is 0 Å². The number of hydrogen-bond donors (Lipinski definition) is 1. The van der Waals surface area contributed by atoms with E-state index in [4.69, 9.17) is 0 Å². The average Bonchev–Trinajstić information content (AvgIpc) is 2.44. The number of benzene rings is 1. The van der Waals surface area contributed by atoms with Gasteiger partial charge in [0.05, 0.1) is 0 Å². The Bertz CT molecular complexity index is 730. The van der Waals surface area contributed by atoms with Crippen LogP contribution >= 0.6 is 0 Å². The Morgan fingerprint density at radius 1 is 1.29 bits per heavy atom. The van der Waals surface area contributed by atoms with Crippen molar-refractivity contribution in [2.45, 2.75) is 13.8 Å². The van der Waals surface area contributed by atoms with Gasteiger partial charge < -0.3 is 5.32 Å². The van der Waals surface area contributed by atoms with E-state index in [0.29, 0.717) is 17.9 Å². The van der Waals surface area contributed by atoms with Crippen LogP contribution in [-0.2, 0) is 0 Å². The molecule has 0 aliphatic rings. The van der Waals surface area contributed by atoms with Crippen LogP contribution in [0, 0.1) is 25.5 Å². The third-order valence-electron chi connectivity index (χ3n) is 3.37. The molecular weight excluding hydrogens is 274 g/mol. The highest BCUT2D eigenvalue weighted by Gasteiger charge is 2.16. The zero-order chi connectivity index (χ0) is 15.6. The molecule has 0 radical (unpaired) electrons. The highest BCUT2D eigenvalue weighted by molar-refractivity contribution is 5.54. The zero-order valence-electron chi connectivity index (χ0n) is 11.9. The monoisotopic (exact) mass is 290 g/mol. The maximum absolute atomic E-state index is 13.9. The van der Waals surface area contributed by atoms with Crippen molar-refractivity contribution >= 4 is 5.69 Å². The average molecular weight is 290 g/mol. The minimum absolute atomic E-state index is 0.349. The molecule has 0 aliphatic heterocycles. The van der Waals surface area contributed by atoms with E-state index in [2.05, 4.69) is 11.9 Å². The van der Waals surface area contributed by atoms with Gasteiger partial charge in [0, 0.05) is 24.0 Å². The Morgan fingerprint density at radius 2 is 1.90 bits per heavy atom. The van der Waals surface area contributed by atoms with Gasteiger partial charge >= 0.3 is 0 Å². The summed E-state index contributed by atoms with van der Waals surface area (Å²) >= 11 is 0. The summed E-state index contributed by atoms with van der Waals surface area (Å²) in [7, 11) is 0. The lowest BCUT2D eigenvalue weighted by atomic mass is 10.1. The number of nitrogens with zero attached hydrogens (tertiary/aromatic N) is 1. The van der Waals surface area contributed by atoms with Crippen LogP contribution in [0.2, 0.25) is 0 Å². The molecule has 1 heterocycles. The molecule has 0 saturated heterocycles. The van der Waals surface area contributed by atoms with Gasteiger partial charge in [-0.3, -0.25) is 9.36 Å². The molecule has 2 rings (SSSR count). The SMILES string of the molecule is C=CCNc1cc(=O)n(-c2c(F)cccc2F)c(C)c1C. The molecule has 0 aliphatic carbocycles. The van der Waals surface area contributed by atoms with Gasteiger partial charge in [-0.1, -0.05) is 12.1 Å². The molecule has 1 aromatic carbocycles. The van der Waals surface area contributed by atoms with E-state index in [0.717, 1.165) is 22.3 Å². The Labute approximate surface area is 121 Å². The topological polar surface area (TPSA) is 34.0 Å². The number of halogens is 2. The highest BCUT2D eigenvalue weighted by Crippen LogP contribution is 2.22. The van der Waals surface area contributed by atoms with E-state index in [-0.39, 0.29) is 5.69 Å². The van der Waals surface area contributed by atoms with E-state index in [1.165, 1.54) is 12.1 Å². The van der Waals surface area contributed by atoms with Crippen LogP contribution in [-0.4, -0.2) is 11.1 Å². The quantitative estimate of drug-likeness (QED) is 0.876. The summed E-state index contributed by atoms with van der Waals surface area (Å²) < 4.78 is 28.9. The molecule has 0 unspecified atom stereocenters. The van der Waals surface area contributed by atoms with Crippen molar-refractivity contribution in [1.29, 1.82) is 0 Å². The Morgan fingerprint density at radius 3 is 2.48 bits per heavy atom. The van der Waals surface area contributed by atoms with Crippen LogP contribution in [0.25, 0.3) is 5.69 Å². The lowest BCUT2D eigenvalue weighted by Crippen LogP contribution is -2.24. The molecular formula is C16H16F2N2O. The van der Waals surface area contributed by atoms with Crippen molar-refractivity contribution in [1.82, 2.24) is 4.57 Å². The molecule has 1 aromatic heterocycles. The molecule has 0 fully saturated rings. The van der Waals surface area contributed by atoms with E-state index in [1.807, 2.05) is 0 Å². The van der Waals surface area contributed by atoms with E-state index in [9.17, 15) is 13.6 Å². The van der Waals surface area contributed by atoms with Gasteiger partial charge in [0.2, 0.25) is 0 Å². The highest BCUT2D eigenvalue weighted by atomic mass is 19.1. The second-order valence-electron chi connectivity index (χ2n) is 4.68. The van der Waals surface area contributed by atoms with Crippen LogP contribution in [0.4, 0.5) is 14.5 Å². The summed E-state index contributed by atoms with van der Waals surface area (Å²) in [6.45, 7) is 7.53. The van der Waals surface area contributed by atoms with Crippen LogP contribution in [0.5, 0.6) is 0 Å². The largest absolute Gasteiger partial charge is 0.381 e. The molecule has 0 atom stereocenters. The Kier molecular flexibility index (Phi) is 4.21. The number of nitrogens with one attached hydrogen (secondary N) is 1. The lowest BCUT2D eigenvalue weighted by molar-refractivity contribution is 0.564. The fourth-order valence-electron chi connectivity index (χ4n) is 2.17. The Hall–Kier alpha value is -2.43. The normalized spacial score (nSPS) is 10.5. The van der Waals surface area contributed by atoms with E-state index < -0.39 is 17.2 Å². The summed E-state index contributed by atoms with van der Waals surface area (Å²) in [5.41, 5.74) is 1.02. The van der Waals surface area contributed by atoms with Crippen LogP contribution in [0.15, 0.2) is 41.7 Å². The first-order valence-corrected chi connectivity index (χ1v) is 6.49. The summed E-state index contributed by atoms with van der Waals surface area (Å²) in [5, 5.41) is 3.03. The van der Waals surface area contributed by atoms with Crippen molar-refractivity contribution < 1.29 is 8.78 Å². The fraction of sp³-hybridized carbons (Fsp3) is 0.188. The van der Waals surface area contributed by atoms with Crippen molar-refractivity contribution in [3.05, 3.63) is 70.2 Å². The molecule has 3 nitrogen and oxygen atoms in total. The minimum atomic E-state index is -0.772. The summed E-state index contributed by atoms with van der Waals surface area (Å²) in [6.07, 6.45) is 1.66. The van der Waals surface area contributed by atoms with Gasteiger partial charge in [-0.15, -0.1) is 6.58 Å².